The highest BCUT2D eigenvalue weighted by Gasteiger charge is 2.26. The molecule has 3 rings (SSSR count). The summed E-state index contributed by atoms with van der Waals surface area (Å²) in [5, 5.41) is 8.47. The van der Waals surface area contributed by atoms with Crippen LogP contribution in [0.25, 0.3) is 0 Å². The number of rotatable bonds is 6. The molecule has 1 fully saturated rings. The molecule has 0 spiro atoms. The molecule has 1 unspecified atom stereocenters. The normalized spacial score (nSPS) is 16.1. The molecule has 0 radical (unpaired) electrons. The summed E-state index contributed by atoms with van der Waals surface area (Å²) in [7, 11) is -3.70. The van der Waals surface area contributed by atoms with Gasteiger partial charge in [-0.2, -0.15) is 0 Å². The Hall–Kier alpha value is -2.22. The zero-order chi connectivity index (χ0) is 19.3. The van der Waals surface area contributed by atoms with Crippen molar-refractivity contribution >= 4 is 15.9 Å². The maximum absolute atomic E-state index is 13.1. The molecule has 0 saturated carbocycles. The van der Waals surface area contributed by atoms with Gasteiger partial charge in [-0.1, -0.05) is 42.5 Å². The summed E-state index contributed by atoms with van der Waals surface area (Å²) in [6, 6.07) is 15.6. The fraction of sp³-hybridized carbons (Fsp3) is 0.350. The van der Waals surface area contributed by atoms with Gasteiger partial charge in [-0.05, 0) is 42.5 Å². The highest BCUT2D eigenvalue weighted by molar-refractivity contribution is 7.89. The quantitative estimate of drug-likeness (QED) is 0.795. The first-order chi connectivity index (χ1) is 12.9. The van der Waals surface area contributed by atoms with E-state index in [0.717, 1.165) is 37.1 Å². The van der Waals surface area contributed by atoms with Crippen LogP contribution in [0.5, 0.6) is 0 Å². The number of amides is 1. The SMILES string of the molecule is NS(=O)(=O)c1ccc(CNC(C(=O)N2CCCCC2)c2ccccc2)cc1. The van der Waals surface area contributed by atoms with E-state index in [1.807, 2.05) is 35.2 Å². The Balaban J connectivity index is 1.74. The van der Waals surface area contributed by atoms with Crippen molar-refractivity contribution < 1.29 is 13.2 Å². The fourth-order valence-corrected chi connectivity index (χ4v) is 3.82. The standard InChI is InChI=1S/C20H25N3O3S/c21-27(25,26)18-11-9-16(10-12-18)15-22-19(17-7-3-1-4-8-17)20(24)23-13-5-2-6-14-23/h1,3-4,7-12,19,22H,2,5-6,13-15H2,(H2,21,25,26). The number of sulfonamides is 1. The lowest BCUT2D eigenvalue weighted by atomic mass is 10.0. The summed E-state index contributed by atoms with van der Waals surface area (Å²) in [6.45, 7) is 2.05. The van der Waals surface area contributed by atoms with E-state index in [2.05, 4.69) is 5.32 Å². The van der Waals surface area contributed by atoms with E-state index in [9.17, 15) is 13.2 Å². The number of nitrogens with two attached hydrogens (primary N) is 1. The lowest BCUT2D eigenvalue weighted by Crippen LogP contribution is -2.43. The van der Waals surface area contributed by atoms with Crippen molar-refractivity contribution in [3.8, 4) is 0 Å². The molecule has 1 atom stereocenters. The first-order valence-electron chi connectivity index (χ1n) is 9.14. The molecule has 0 aliphatic carbocycles. The summed E-state index contributed by atoms with van der Waals surface area (Å²) >= 11 is 0. The molecule has 6 nitrogen and oxygen atoms in total. The molecule has 1 aliphatic rings. The van der Waals surface area contributed by atoms with Gasteiger partial charge in [0, 0.05) is 19.6 Å². The van der Waals surface area contributed by atoms with E-state index in [4.69, 9.17) is 5.14 Å². The molecule has 0 bridgehead atoms. The summed E-state index contributed by atoms with van der Waals surface area (Å²) < 4.78 is 22.7. The van der Waals surface area contributed by atoms with Crippen LogP contribution in [0, 0.1) is 0 Å². The van der Waals surface area contributed by atoms with Crippen molar-refractivity contribution in [1.82, 2.24) is 10.2 Å². The van der Waals surface area contributed by atoms with Gasteiger partial charge in [0.25, 0.3) is 0 Å². The molecular weight excluding hydrogens is 362 g/mol. The first-order valence-corrected chi connectivity index (χ1v) is 10.7. The minimum absolute atomic E-state index is 0.0789. The summed E-state index contributed by atoms with van der Waals surface area (Å²) in [5.41, 5.74) is 1.81. The fourth-order valence-electron chi connectivity index (χ4n) is 3.31. The Morgan fingerprint density at radius 2 is 1.63 bits per heavy atom. The molecule has 7 heteroatoms. The van der Waals surface area contributed by atoms with E-state index < -0.39 is 16.1 Å². The molecular formula is C20H25N3O3S. The van der Waals surface area contributed by atoms with Crippen LogP contribution in [-0.2, 0) is 21.4 Å². The van der Waals surface area contributed by atoms with Crippen molar-refractivity contribution in [1.29, 1.82) is 0 Å². The minimum atomic E-state index is -3.70. The predicted molar refractivity (Wildman–Crippen MR) is 104 cm³/mol. The van der Waals surface area contributed by atoms with Crippen LogP contribution in [0.15, 0.2) is 59.5 Å². The molecule has 0 aromatic heterocycles. The predicted octanol–water partition coefficient (Wildman–Crippen LogP) is 2.18. The second-order valence-corrected chi connectivity index (χ2v) is 8.36. The number of nitrogens with zero attached hydrogens (tertiary/aromatic N) is 1. The first kappa shape index (κ1) is 19.5. The summed E-state index contributed by atoms with van der Waals surface area (Å²) in [5.74, 6) is 0.0852. The Bertz CT molecular complexity index is 861. The Morgan fingerprint density at radius 3 is 2.22 bits per heavy atom. The van der Waals surface area contributed by atoms with Crippen LogP contribution < -0.4 is 10.5 Å². The zero-order valence-electron chi connectivity index (χ0n) is 15.2. The number of piperidine rings is 1. The van der Waals surface area contributed by atoms with Gasteiger partial charge >= 0.3 is 0 Å². The summed E-state index contributed by atoms with van der Waals surface area (Å²) in [4.78, 5) is 15.1. The number of hydrogen-bond donors (Lipinski definition) is 2. The lowest BCUT2D eigenvalue weighted by Gasteiger charge is -2.31. The number of carbonyl (C=O) groups is 1. The van der Waals surface area contributed by atoms with Gasteiger partial charge in [-0.25, -0.2) is 13.6 Å². The molecule has 2 aromatic carbocycles. The third kappa shape index (κ3) is 5.15. The van der Waals surface area contributed by atoms with Crippen molar-refractivity contribution in [2.45, 2.75) is 36.7 Å². The number of primary sulfonamides is 1. The van der Waals surface area contributed by atoms with Gasteiger partial charge in [0.2, 0.25) is 15.9 Å². The Labute approximate surface area is 160 Å². The van der Waals surface area contributed by atoms with E-state index in [1.165, 1.54) is 18.6 Å². The molecule has 144 valence electrons. The average molecular weight is 388 g/mol. The maximum atomic E-state index is 13.1. The van der Waals surface area contributed by atoms with Gasteiger partial charge in [-0.15, -0.1) is 0 Å². The van der Waals surface area contributed by atoms with Crippen LogP contribution in [0.3, 0.4) is 0 Å². The molecule has 3 N–H and O–H groups in total. The largest absolute Gasteiger partial charge is 0.341 e. The van der Waals surface area contributed by atoms with Crippen LogP contribution in [-0.4, -0.2) is 32.3 Å². The van der Waals surface area contributed by atoms with Crippen LogP contribution >= 0.6 is 0 Å². The second-order valence-electron chi connectivity index (χ2n) is 6.80. The summed E-state index contributed by atoms with van der Waals surface area (Å²) in [6.07, 6.45) is 3.26. The van der Waals surface area contributed by atoms with E-state index >= 15 is 0 Å². The van der Waals surface area contributed by atoms with Crippen molar-refractivity contribution in [3.05, 3.63) is 65.7 Å². The smallest absolute Gasteiger partial charge is 0.244 e. The molecule has 2 aromatic rings. The van der Waals surface area contributed by atoms with Gasteiger partial charge < -0.3 is 4.90 Å². The third-order valence-corrected chi connectivity index (χ3v) is 5.74. The third-order valence-electron chi connectivity index (χ3n) is 4.81. The van der Waals surface area contributed by atoms with Gasteiger partial charge in [0.05, 0.1) is 4.90 Å². The number of carbonyl (C=O) groups excluding carboxylic acids is 1. The van der Waals surface area contributed by atoms with Gasteiger partial charge in [0.1, 0.15) is 6.04 Å². The highest BCUT2D eigenvalue weighted by Crippen LogP contribution is 2.20. The topological polar surface area (TPSA) is 92.5 Å². The average Bonchev–Trinajstić information content (AvgIpc) is 2.69. The number of benzene rings is 2. The van der Waals surface area contributed by atoms with Crippen LogP contribution in [0.2, 0.25) is 0 Å². The van der Waals surface area contributed by atoms with Crippen molar-refractivity contribution in [2.75, 3.05) is 13.1 Å². The second kappa shape index (κ2) is 8.65. The Kier molecular flexibility index (Phi) is 6.26. The number of hydrogen-bond acceptors (Lipinski definition) is 4. The molecule has 1 heterocycles. The maximum Gasteiger partial charge on any atom is 0.244 e. The van der Waals surface area contributed by atoms with Gasteiger partial charge in [0.15, 0.2) is 0 Å². The number of likely N-dealkylation sites (tertiary alicyclic amines) is 1. The highest BCUT2D eigenvalue weighted by atomic mass is 32.2. The molecule has 1 saturated heterocycles. The molecule has 1 amide bonds. The van der Waals surface area contributed by atoms with Crippen LogP contribution in [0.4, 0.5) is 0 Å². The van der Waals surface area contributed by atoms with Crippen molar-refractivity contribution in [3.63, 3.8) is 0 Å². The van der Waals surface area contributed by atoms with Gasteiger partial charge in [-0.3, -0.25) is 10.1 Å². The molecule has 27 heavy (non-hydrogen) atoms. The van der Waals surface area contributed by atoms with E-state index in [-0.39, 0.29) is 10.8 Å². The monoisotopic (exact) mass is 387 g/mol. The van der Waals surface area contributed by atoms with E-state index in [1.54, 1.807) is 12.1 Å². The zero-order valence-corrected chi connectivity index (χ0v) is 16.0. The minimum Gasteiger partial charge on any atom is -0.341 e. The molecule has 1 aliphatic heterocycles. The Morgan fingerprint density at radius 1 is 1.00 bits per heavy atom. The van der Waals surface area contributed by atoms with Crippen LogP contribution in [0.1, 0.15) is 36.4 Å². The lowest BCUT2D eigenvalue weighted by molar-refractivity contribution is -0.134. The van der Waals surface area contributed by atoms with E-state index in [0.29, 0.717) is 6.54 Å². The number of nitrogens with one attached hydrogen (secondary N) is 1. The van der Waals surface area contributed by atoms with Crippen molar-refractivity contribution in [2.24, 2.45) is 5.14 Å².